The van der Waals surface area contributed by atoms with Gasteiger partial charge in [-0.05, 0) is 6.07 Å². The summed E-state index contributed by atoms with van der Waals surface area (Å²) in [4.78, 5) is 0. The molecule has 7 heteroatoms. The van der Waals surface area contributed by atoms with E-state index < -0.39 is 21.6 Å². The van der Waals surface area contributed by atoms with E-state index in [0.29, 0.717) is 5.82 Å². The van der Waals surface area contributed by atoms with E-state index in [-0.39, 0.29) is 5.56 Å². The number of aromatic nitrogens is 2. The van der Waals surface area contributed by atoms with Gasteiger partial charge in [0.15, 0.2) is 0 Å². The van der Waals surface area contributed by atoms with E-state index in [4.69, 9.17) is 0 Å². The molecule has 0 aliphatic heterocycles. The van der Waals surface area contributed by atoms with Gasteiger partial charge in [-0.3, -0.25) is 9.40 Å². The average molecular weight is 269 g/mol. The van der Waals surface area contributed by atoms with Gasteiger partial charge in [-0.15, -0.1) is 0 Å². The highest BCUT2D eigenvalue weighted by Gasteiger charge is 2.15. The largest absolute Gasteiger partial charge is 0.267 e. The Kier molecular flexibility index (Phi) is 3.33. The molecular formula is C11H12FN3O2S. The molecule has 1 aromatic heterocycles. The van der Waals surface area contributed by atoms with Crippen LogP contribution in [0.15, 0.2) is 36.5 Å². The van der Waals surface area contributed by atoms with Gasteiger partial charge in [0.05, 0.1) is 11.9 Å². The number of hydrogen-bond acceptors (Lipinski definition) is 3. The summed E-state index contributed by atoms with van der Waals surface area (Å²) in [6.07, 6.45) is 1.47. The lowest BCUT2D eigenvalue weighted by molar-refractivity contribution is 0.590. The second kappa shape index (κ2) is 4.77. The summed E-state index contributed by atoms with van der Waals surface area (Å²) in [6, 6.07) is 7.31. The van der Waals surface area contributed by atoms with Gasteiger partial charge in [0.2, 0.25) is 10.0 Å². The molecule has 96 valence electrons. The summed E-state index contributed by atoms with van der Waals surface area (Å²) < 4.78 is 40.8. The molecule has 0 aliphatic rings. The molecule has 0 amide bonds. The minimum absolute atomic E-state index is 0.132. The van der Waals surface area contributed by atoms with E-state index in [2.05, 4.69) is 9.82 Å². The van der Waals surface area contributed by atoms with E-state index in [1.54, 1.807) is 13.1 Å². The average Bonchev–Trinajstić information content (AvgIpc) is 2.67. The fourth-order valence-electron chi connectivity index (χ4n) is 1.49. The molecule has 2 aromatic rings. The van der Waals surface area contributed by atoms with Gasteiger partial charge >= 0.3 is 0 Å². The minimum Gasteiger partial charge on any atom is -0.267 e. The minimum atomic E-state index is -3.65. The van der Waals surface area contributed by atoms with Gasteiger partial charge in [-0.2, -0.15) is 5.10 Å². The van der Waals surface area contributed by atoms with E-state index in [9.17, 15) is 12.8 Å². The first kappa shape index (κ1) is 12.6. The molecule has 0 radical (unpaired) electrons. The lowest BCUT2D eigenvalue weighted by Crippen LogP contribution is -2.17. The van der Waals surface area contributed by atoms with Gasteiger partial charge < -0.3 is 0 Å². The number of halogens is 1. The van der Waals surface area contributed by atoms with E-state index >= 15 is 0 Å². The van der Waals surface area contributed by atoms with Crippen molar-refractivity contribution in [1.29, 1.82) is 0 Å². The molecule has 0 bridgehead atoms. The third-order valence-electron chi connectivity index (χ3n) is 2.38. The SMILES string of the molecule is Cn1nccc1NS(=O)(=O)Cc1ccccc1F. The third kappa shape index (κ3) is 2.86. The van der Waals surface area contributed by atoms with Gasteiger partial charge in [-0.25, -0.2) is 12.8 Å². The number of nitrogens with zero attached hydrogens (tertiary/aromatic N) is 2. The molecule has 0 unspecified atom stereocenters. The first-order chi connectivity index (χ1) is 8.48. The zero-order chi connectivity index (χ0) is 13.2. The van der Waals surface area contributed by atoms with E-state index in [1.807, 2.05) is 0 Å². The van der Waals surface area contributed by atoms with Gasteiger partial charge in [0.1, 0.15) is 11.6 Å². The zero-order valence-corrected chi connectivity index (χ0v) is 10.5. The molecule has 5 nitrogen and oxygen atoms in total. The van der Waals surface area contributed by atoms with Crippen LogP contribution in [0.5, 0.6) is 0 Å². The van der Waals surface area contributed by atoms with Crippen LogP contribution >= 0.6 is 0 Å². The maximum Gasteiger partial charge on any atom is 0.238 e. The van der Waals surface area contributed by atoms with Crippen LogP contribution in [0.1, 0.15) is 5.56 Å². The van der Waals surface area contributed by atoms with Crippen molar-refractivity contribution in [2.45, 2.75) is 5.75 Å². The third-order valence-corrected chi connectivity index (χ3v) is 3.60. The Morgan fingerprint density at radius 3 is 2.67 bits per heavy atom. The normalized spacial score (nSPS) is 11.4. The lowest BCUT2D eigenvalue weighted by atomic mass is 10.2. The molecule has 0 saturated heterocycles. The Morgan fingerprint density at radius 2 is 2.06 bits per heavy atom. The van der Waals surface area contributed by atoms with E-state index in [1.165, 1.54) is 35.1 Å². The molecule has 0 spiro atoms. The maximum absolute atomic E-state index is 13.4. The van der Waals surface area contributed by atoms with Crippen molar-refractivity contribution in [3.63, 3.8) is 0 Å². The summed E-state index contributed by atoms with van der Waals surface area (Å²) in [7, 11) is -2.04. The van der Waals surface area contributed by atoms with Crippen molar-refractivity contribution in [2.24, 2.45) is 7.05 Å². The highest BCUT2D eigenvalue weighted by Crippen LogP contribution is 2.13. The van der Waals surface area contributed by atoms with Crippen LogP contribution < -0.4 is 4.72 Å². The number of anilines is 1. The van der Waals surface area contributed by atoms with Crippen LogP contribution in [0, 0.1) is 5.82 Å². The molecule has 1 heterocycles. The van der Waals surface area contributed by atoms with Crippen LogP contribution in [-0.4, -0.2) is 18.2 Å². The lowest BCUT2D eigenvalue weighted by Gasteiger charge is -2.08. The fourth-order valence-corrected chi connectivity index (χ4v) is 2.72. The molecule has 18 heavy (non-hydrogen) atoms. The Bertz CT molecular complexity index is 652. The molecule has 0 aliphatic carbocycles. The monoisotopic (exact) mass is 269 g/mol. The second-order valence-electron chi connectivity index (χ2n) is 3.79. The topological polar surface area (TPSA) is 64.0 Å². The summed E-state index contributed by atoms with van der Waals surface area (Å²) in [5.74, 6) is -0.607. The number of aryl methyl sites for hydroxylation is 1. The predicted octanol–water partition coefficient (Wildman–Crippen LogP) is 1.50. The Hall–Kier alpha value is -1.89. The molecule has 0 atom stereocenters. The quantitative estimate of drug-likeness (QED) is 0.914. The smallest absolute Gasteiger partial charge is 0.238 e. The van der Waals surface area contributed by atoms with Gasteiger partial charge in [0.25, 0.3) is 0 Å². The molecule has 0 saturated carbocycles. The van der Waals surface area contributed by atoms with Crippen LogP contribution in [0.2, 0.25) is 0 Å². The number of rotatable bonds is 4. The number of benzene rings is 1. The van der Waals surface area contributed by atoms with Crippen LogP contribution in [0.4, 0.5) is 10.2 Å². The van der Waals surface area contributed by atoms with E-state index in [0.717, 1.165) is 0 Å². The molecule has 1 N–H and O–H groups in total. The first-order valence-corrected chi connectivity index (χ1v) is 6.85. The highest BCUT2D eigenvalue weighted by molar-refractivity contribution is 7.91. The van der Waals surface area contributed by atoms with Gasteiger partial charge in [0, 0.05) is 18.7 Å². The predicted molar refractivity (Wildman–Crippen MR) is 65.9 cm³/mol. The first-order valence-electron chi connectivity index (χ1n) is 5.20. The summed E-state index contributed by atoms with van der Waals surface area (Å²) >= 11 is 0. The fraction of sp³-hybridized carbons (Fsp3) is 0.182. The number of hydrogen-bond donors (Lipinski definition) is 1. The van der Waals surface area contributed by atoms with Crippen LogP contribution in [0.3, 0.4) is 0 Å². The molecule has 1 aromatic carbocycles. The van der Waals surface area contributed by atoms with Crippen LogP contribution in [0.25, 0.3) is 0 Å². The Balaban J connectivity index is 2.18. The van der Waals surface area contributed by atoms with Crippen molar-refractivity contribution >= 4 is 15.8 Å². The highest BCUT2D eigenvalue weighted by atomic mass is 32.2. The van der Waals surface area contributed by atoms with Crippen molar-refractivity contribution in [3.05, 3.63) is 47.9 Å². The van der Waals surface area contributed by atoms with Gasteiger partial charge in [-0.1, -0.05) is 18.2 Å². The second-order valence-corrected chi connectivity index (χ2v) is 5.51. The molecule has 2 rings (SSSR count). The Labute approximate surface area is 104 Å². The molecule has 0 fully saturated rings. The number of nitrogens with one attached hydrogen (secondary N) is 1. The van der Waals surface area contributed by atoms with Crippen molar-refractivity contribution < 1.29 is 12.8 Å². The summed E-state index contributed by atoms with van der Waals surface area (Å²) in [6.45, 7) is 0. The van der Waals surface area contributed by atoms with Crippen molar-refractivity contribution in [2.75, 3.05) is 4.72 Å². The van der Waals surface area contributed by atoms with Crippen molar-refractivity contribution in [1.82, 2.24) is 9.78 Å². The van der Waals surface area contributed by atoms with Crippen molar-refractivity contribution in [3.8, 4) is 0 Å². The molecular weight excluding hydrogens is 257 g/mol. The zero-order valence-electron chi connectivity index (χ0n) is 9.67. The Morgan fingerprint density at radius 1 is 1.33 bits per heavy atom. The number of sulfonamides is 1. The maximum atomic E-state index is 13.4. The van der Waals surface area contributed by atoms with Crippen LogP contribution in [-0.2, 0) is 22.8 Å². The standard InChI is InChI=1S/C11H12FN3O2S/c1-15-11(6-7-13-15)14-18(16,17)8-9-4-2-3-5-10(9)12/h2-7,14H,8H2,1H3. The summed E-state index contributed by atoms with van der Waals surface area (Å²) in [5, 5.41) is 3.84. The summed E-state index contributed by atoms with van der Waals surface area (Å²) in [5.41, 5.74) is 0.132.